The number of piperidine rings is 1. The van der Waals surface area contributed by atoms with Crippen LogP contribution in [0.15, 0.2) is 48.5 Å². The van der Waals surface area contributed by atoms with Gasteiger partial charge in [-0.25, -0.2) is 4.79 Å². The quantitative estimate of drug-likeness (QED) is 0.599. The van der Waals surface area contributed by atoms with Crippen molar-refractivity contribution >= 4 is 35.1 Å². The van der Waals surface area contributed by atoms with Crippen LogP contribution in [0.25, 0.3) is 0 Å². The van der Waals surface area contributed by atoms with Gasteiger partial charge >= 0.3 is 6.03 Å². The molecule has 1 atom stereocenters. The van der Waals surface area contributed by atoms with Crippen molar-refractivity contribution in [2.75, 3.05) is 18.4 Å². The fourth-order valence-corrected chi connectivity index (χ4v) is 4.24. The first-order valence-electron chi connectivity index (χ1n) is 11.4. The molecule has 0 bridgehead atoms. The van der Waals surface area contributed by atoms with Crippen LogP contribution in [0.5, 0.6) is 0 Å². The largest absolute Gasteiger partial charge is 0.352 e. The van der Waals surface area contributed by atoms with Gasteiger partial charge in [0.2, 0.25) is 5.91 Å². The highest BCUT2D eigenvalue weighted by Gasteiger charge is 2.36. The molecule has 1 saturated carbocycles. The number of rotatable bonds is 6. The van der Waals surface area contributed by atoms with Gasteiger partial charge in [0.1, 0.15) is 6.04 Å². The van der Waals surface area contributed by atoms with Crippen molar-refractivity contribution in [1.82, 2.24) is 15.5 Å². The van der Waals surface area contributed by atoms with Crippen molar-refractivity contribution in [3.63, 3.8) is 0 Å². The summed E-state index contributed by atoms with van der Waals surface area (Å²) in [5.74, 6) is -0.444. The summed E-state index contributed by atoms with van der Waals surface area (Å²) in [6.07, 6.45) is 3.21. The first-order valence-corrected chi connectivity index (χ1v) is 11.8. The number of halogens is 1. The SMILES string of the molecule is Cc1ccc(C(=O)N[C@H](C(=O)NC2CC2)C2CCN(C(=O)Nc3cccc(Cl)c3)CC2)cc1. The maximum absolute atomic E-state index is 13.0. The third-order valence-electron chi connectivity index (χ3n) is 6.18. The van der Waals surface area contributed by atoms with Gasteiger partial charge in [-0.15, -0.1) is 0 Å². The Bertz CT molecular complexity index is 1010. The standard InChI is InChI=1S/C25H29ClN4O3/c1-16-5-7-18(8-6-16)23(31)29-22(24(32)27-20-9-10-20)17-11-13-30(14-12-17)25(33)28-21-4-2-3-19(26)15-21/h2-8,15,17,20,22H,9-14H2,1H3,(H,27,32)(H,28,33)(H,29,31)/t22-/m0/s1. The Morgan fingerprint density at radius 2 is 1.70 bits per heavy atom. The van der Waals surface area contributed by atoms with Crippen LogP contribution in [-0.2, 0) is 4.79 Å². The number of likely N-dealkylation sites (tertiary alicyclic amines) is 1. The Hall–Kier alpha value is -3.06. The summed E-state index contributed by atoms with van der Waals surface area (Å²) in [6.45, 7) is 2.97. The van der Waals surface area contributed by atoms with E-state index < -0.39 is 6.04 Å². The van der Waals surface area contributed by atoms with E-state index in [1.807, 2.05) is 19.1 Å². The minimum absolute atomic E-state index is 0.0478. The molecule has 174 valence electrons. The van der Waals surface area contributed by atoms with E-state index in [2.05, 4.69) is 16.0 Å². The zero-order valence-corrected chi connectivity index (χ0v) is 19.4. The van der Waals surface area contributed by atoms with Crippen LogP contribution < -0.4 is 16.0 Å². The van der Waals surface area contributed by atoms with E-state index in [1.54, 1.807) is 41.3 Å². The molecule has 2 aliphatic rings. The molecule has 4 amide bonds. The normalized spacial score (nSPS) is 17.2. The van der Waals surface area contributed by atoms with Crippen LogP contribution >= 0.6 is 11.6 Å². The third kappa shape index (κ3) is 6.26. The van der Waals surface area contributed by atoms with Crippen LogP contribution in [0, 0.1) is 12.8 Å². The number of anilines is 1. The summed E-state index contributed by atoms with van der Waals surface area (Å²) < 4.78 is 0. The summed E-state index contributed by atoms with van der Waals surface area (Å²) in [6, 6.07) is 13.7. The molecule has 1 aliphatic carbocycles. The molecule has 0 radical (unpaired) electrons. The van der Waals surface area contributed by atoms with E-state index in [0.717, 1.165) is 18.4 Å². The second-order valence-electron chi connectivity index (χ2n) is 8.86. The zero-order valence-electron chi connectivity index (χ0n) is 18.6. The lowest BCUT2D eigenvalue weighted by molar-refractivity contribution is -0.124. The summed E-state index contributed by atoms with van der Waals surface area (Å²) >= 11 is 5.99. The minimum atomic E-state index is -0.627. The average Bonchev–Trinajstić information content (AvgIpc) is 3.62. The highest BCUT2D eigenvalue weighted by Crippen LogP contribution is 2.25. The monoisotopic (exact) mass is 468 g/mol. The first kappa shape index (κ1) is 23.1. The molecule has 3 N–H and O–H groups in total. The number of carbonyl (C=O) groups is 3. The van der Waals surface area contributed by atoms with E-state index in [9.17, 15) is 14.4 Å². The van der Waals surface area contributed by atoms with Gasteiger partial charge in [-0.1, -0.05) is 35.4 Å². The molecule has 0 aromatic heterocycles. The van der Waals surface area contributed by atoms with Gasteiger partial charge < -0.3 is 20.9 Å². The first-order chi connectivity index (χ1) is 15.9. The van der Waals surface area contributed by atoms with Gasteiger partial charge in [-0.3, -0.25) is 9.59 Å². The molecule has 2 fully saturated rings. The lowest BCUT2D eigenvalue weighted by atomic mass is 9.88. The van der Waals surface area contributed by atoms with Gasteiger partial charge in [0.25, 0.3) is 5.91 Å². The molecular weight excluding hydrogens is 440 g/mol. The van der Waals surface area contributed by atoms with Gasteiger partial charge in [-0.2, -0.15) is 0 Å². The lowest BCUT2D eigenvalue weighted by Gasteiger charge is -2.35. The molecule has 2 aromatic rings. The van der Waals surface area contributed by atoms with Crippen molar-refractivity contribution < 1.29 is 14.4 Å². The fraction of sp³-hybridized carbons (Fsp3) is 0.400. The second-order valence-corrected chi connectivity index (χ2v) is 9.30. The molecular formula is C25H29ClN4O3. The van der Waals surface area contributed by atoms with Gasteiger partial charge in [0, 0.05) is 35.4 Å². The molecule has 2 aromatic carbocycles. The smallest absolute Gasteiger partial charge is 0.321 e. The Kier molecular flexibility index (Phi) is 7.18. The lowest BCUT2D eigenvalue weighted by Crippen LogP contribution is -2.54. The Morgan fingerprint density at radius 3 is 2.33 bits per heavy atom. The van der Waals surface area contributed by atoms with E-state index in [0.29, 0.717) is 42.2 Å². The maximum Gasteiger partial charge on any atom is 0.321 e. The Balaban J connectivity index is 1.38. The second kappa shape index (κ2) is 10.3. The van der Waals surface area contributed by atoms with Crippen molar-refractivity contribution in [2.45, 2.75) is 44.7 Å². The van der Waals surface area contributed by atoms with Crippen molar-refractivity contribution in [3.05, 3.63) is 64.7 Å². The number of hydrogen-bond donors (Lipinski definition) is 3. The Morgan fingerprint density at radius 1 is 1.00 bits per heavy atom. The average molecular weight is 469 g/mol. The predicted molar refractivity (Wildman–Crippen MR) is 128 cm³/mol. The number of benzene rings is 2. The molecule has 1 aliphatic heterocycles. The number of aryl methyl sites for hydroxylation is 1. The number of urea groups is 1. The highest BCUT2D eigenvalue weighted by atomic mass is 35.5. The predicted octanol–water partition coefficient (Wildman–Crippen LogP) is 3.97. The molecule has 0 unspecified atom stereocenters. The van der Waals surface area contributed by atoms with Crippen LogP contribution in [0.1, 0.15) is 41.6 Å². The number of carbonyl (C=O) groups excluding carboxylic acids is 3. The van der Waals surface area contributed by atoms with E-state index >= 15 is 0 Å². The number of amides is 4. The molecule has 1 heterocycles. The van der Waals surface area contributed by atoms with Gasteiger partial charge in [0.05, 0.1) is 0 Å². The van der Waals surface area contributed by atoms with Crippen molar-refractivity contribution in [3.8, 4) is 0 Å². The number of nitrogens with zero attached hydrogens (tertiary/aromatic N) is 1. The molecule has 1 saturated heterocycles. The number of nitrogens with one attached hydrogen (secondary N) is 3. The van der Waals surface area contributed by atoms with Crippen LogP contribution in [-0.4, -0.2) is 47.9 Å². The van der Waals surface area contributed by atoms with E-state index in [1.165, 1.54) is 0 Å². The zero-order chi connectivity index (χ0) is 23.4. The minimum Gasteiger partial charge on any atom is -0.352 e. The molecule has 7 nitrogen and oxygen atoms in total. The molecule has 8 heteroatoms. The van der Waals surface area contributed by atoms with Crippen LogP contribution in [0.4, 0.5) is 10.5 Å². The highest BCUT2D eigenvalue weighted by molar-refractivity contribution is 6.30. The molecule has 33 heavy (non-hydrogen) atoms. The fourth-order valence-electron chi connectivity index (χ4n) is 4.05. The third-order valence-corrected chi connectivity index (χ3v) is 6.42. The van der Waals surface area contributed by atoms with Crippen molar-refractivity contribution in [2.24, 2.45) is 5.92 Å². The van der Waals surface area contributed by atoms with Gasteiger partial charge in [0.15, 0.2) is 0 Å². The summed E-state index contributed by atoms with van der Waals surface area (Å²) in [7, 11) is 0. The number of hydrogen-bond acceptors (Lipinski definition) is 3. The summed E-state index contributed by atoms with van der Waals surface area (Å²) in [5, 5.41) is 9.41. The molecule has 4 rings (SSSR count). The van der Waals surface area contributed by atoms with E-state index in [4.69, 9.17) is 11.6 Å². The summed E-state index contributed by atoms with van der Waals surface area (Å²) in [5.41, 5.74) is 2.24. The summed E-state index contributed by atoms with van der Waals surface area (Å²) in [4.78, 5) is 40.2. The van der Waals surface area contributed by atoms with E-state index in [-0.39, 0.29) is 29.8 Å². The molecule has 0 spiro atoms. The Labute approximate surface area is 198 Å². The van der Waals surface area contributed by atoms with Crippen LogP contribution in [0.3, 0.4) is 0 Å². The van der Waals surface area contributed by atoms with Crippen LogP contribution in [0.2, 0.25) is 5.02 Å². The van der Waals surface area contributed by atoms with Gasteiger partial charge in [-0.05, 0) is 68.9 Å². The van der Waals surface area contributed by atoms with Crippen molar-refractivity contribution in [1.29, 1.82) is 0 Å². The topological polar surface area (TPSA) is 90.5 Å². The maximum atomic E-state index is 13.0.